The summed E-state index contributed by atoms with van der Waals surface area (Å²) >= 11 is 5.98. The minimum atomic E-state index is -3.12. The van der Waals surface area contributed by atoms with Crippen molar-refractivity contribution >= 4 is 33.2 Å². The lowest BCUT2D eigenvalue weighted by Crippen LogP contribution is -2.24. The van der Waals surface area contributed by atoms with Crippen LogP contribution in [0.1, 0.15) is 23.6 Å². The van der Waals surface area contributed by atoms with Gasteiger partial charge >= 0.3 is 0 Å². The van der Waals surface area contributed by atoms with Crippen LogP contribution in [0.2, 0.25) is 5.02 Å². The molecule has 1 N–H and O–H groups in total. The van der Waals surface area contributed by atoms with Crippen molar-refractivity contribution in [3.8, 4) is 17.0 Å². The van der Waals surface area contributed by atoms with E-state index in [4.69, 9.17) is 16.3 Å². The molecule has 1 aliphatic rings. The maximum atomic E-state index is 12.7. The van der Waals surface area contributed by atoms with Crippen LogP contribution >= 0.6 is 11.6 Å². The molecule has 1 fully saturated rings. The van der Waals surface area contributed by atoms with E-state index in [-0.39, 0.29) is 30.1 Å². The Labute approximate surface area is 192 Å². The highest BCUT2D eigenvalue weighted by atomic mass is 35.5. The number of aromatic nitrogens is 2. The van der Waals surface area contributed by atoms with Gasteiger partial charge in [0.2, 0.25) is 0 Å². The number of hydrogen-bond acceptors (Lipinski definition) is 5. The van der Waals surface area contributed by atoms with Crippen LogP contribution in [0.25, 0.3) is 11.3 Å². The molecule has 0 aliphatic carbocycles. The Morgan fingerprint density at radius 1 is 1.19 bits per heavy atom. The largest absolute Gasteiger partial charge is 0.483 e. The standard InChI is InChI=1S/C23H24ClN3O4S/c1-15-4-3-5-16(2)23(15)31-13-22(28)25-21-12-20(17-6-8-18(24)9-7-17)26-27(21)19-10-11-32(29,30)14-19/h3-9,12,19H,10-11,13-14H2,1-2H3,(H,25,28)/t19-/m1/s1. The minimum absolute atomic E-state index is 0.00346. The highest BCUT2D eigenvalue weighted by Gasteiger charge is 2.31. The van der Waals surface area contributed by atoms with Crippen LogP contribution in [-0.2, 0) is 14.6 Å². The summed E-state index contributed by atoms with van der Waals surface area (Å²) in [6, 6.07) is 14.4. The number of carbonyl (C=O) groups excluding carboxylic acids is 1. The van der Waals surface area contributed by atoms with Crippen molar-refractivity contribution in [2.24, 2.45) is 0 Å². The molecule has 1 aliphatic heterocycles. The van der Waals surface area contributed by atoms with Crippen LogP contribution in [0.5, 0.6) is 5.75 Å². The normalized spacial score (nSPS) is 17.3. The molecule has 1 saturated heterocycles. The summed E-state index contributed by atoms with van der Waals surface area (Å²) < 4.78 is 31.4. The third-order valence-electron chi connectivity index (χ3n) is 5.45. The molecule has 2 heterocycles. The maximum Gasteiger partial charge on any atom is 0.263 e. The fraction of sp³-hybridized carbons (Fsp3) is 0.304. The molecule has 9 heteroatoms. The summed E-state index contributed by atoms with van der Waals surface area (Å²) in [6.07, 6.45) is 0.450. The third kappa shape index (κ3) is 4.97. The number of anilines is 1. The molecule has 2 aromatic carbocycles. The second-order valence-electron chi connectivity index (χ2n) is 7.98. The number of halogens is 1. The van der Waals surface area contributed by atoms with E-state index in [1.165, 1.54) is 0 Å². The predicted molar refractivity (Wildman–Crippen MR) is 125 cm³/mol. The van der Waals surface area contributed by atoms with Gasteiger partial charge in [0.15, 0.2) is 16.4 Å². The summed E-state index contributed by atoms with van der Waals surface area (Å²) in [5.74, 6) is 0.872. The number of carbonyl (C=O) groups is 1. The Hall–Kier alpha value is -2.84. The highest BCUT2D eigenvalue weighted by Crippen LogP contribution is 2.31. The van der Waals surface area contributed by atoms with Crippen molar-refractivity contribution in [1.29, 1.82) is 0 Å². The maximum absolute atomic E-state index is 12.7. The van der Waals surface area contributed by atoms with Gasteiger partial charge in [-0.05, 0) is 43.5 Å². The van der Waals surface area contributed by atoms with Crippen LogP contribution < -0.4 is 10.1 Å². The zero-order valence-corrected chi connectivity index (χ0v) is 19.4. The van der Waals surface area contributed by atoms with E-state index in [0.717, 1.165) is 16.7 Å². The number of para-hydroxylation sites is 1. The van der Waals surface area contributed by atoms with Crippen molar-refractivity contribution in [3.63, 3.8) is 0 Å². The summed E-state index contributed by atoms with van der Waals surface area (Å²) in [7, 11) is -3.12. The van der Waals surface area contributed by atoms with Gasteiger partial charge in [-0.15, -0.1) is 0 Å². The molecular weight excluding hydrogens is 450 g/mol. The molecule has 1 atom stereocenters. The topological polar surface area (TPSA) is 90.3 Å². The molecule has 1 amide bonds. The molecule has 3 aromatic rings. The number of hydrogen-bond donors (Lipinski definition) is 1. The molecule has 4 rings (SSSR count). The first kappa shape index (κ1) is 22.4. The minimum Gasteiger partial charge on any atom is -0.483 e. The molecule has 0 bridgehead atoms. The molecule has 168 valence electrons. The van der Waals surface area contributed by atoms with E-state index in [1.807, 2.05) is 44.2 Å². The Morgan fingerprint density at radius 3 is 2.50 bits per heavy atom. The second-order valence-corrected chi connectivity index (χ2v) is 10.6. The fourth-order valence-corrected chi connectivity index (χ4v) is 5.66. The van der Waals surface area contributed by atoms with Crippen molar-refractivity contribution in [3.05, 3.63) is 64.7 Å². The van der Waals surface area contributed by atoms with Crippen molar-refractivity contribution in [2.45, 2.75) is 26.3 Å². The number of rotatable bonds is 6. The van der Waals surface area contributed by atoms with Gasteiger partial charge in [0, 0.05) is 16.7 Å². The van der Waals surface area contributed by atoms with Crippen LogP contribution in [0.15, 0.2) is 48.5 Å². The average Bonchev–Trinajstić information content (AvgIpc) is 3.31. The Morgan fingerprint density at radius 2 is 1.88 bits per heavy atom. The molecule has 32 heavy (non-hydrogen) atoms. The van der Waals surface area contributed by atoms with Crippen LogP contribution in [0.3, 0.4) is 0 Å². The van der Waals surface area contributed by atoms with Crippen LogP contribution in [-0.4, -0.2) is 42.2 Å². The number of benzene rings is 2. The van der Waals surface area contributed by atoms with Gasteiger partial charge in [-0.3, -0.25) is 4.79 Å². The number of ether oxygens (including phenoxy) is 1. The van der Waals surface area contributed by atoms with Crippen molar-refractivity contribution in [1.82, 2.24) is 9.78 Å². The van der Waals surface area contributed by atoms with Crippen molar-refractivity contribution in [2.75, 3.05) is 23.4 Å². The monoisotopic (exact) mass is 473 g/mol. The number of aryl methyl sites for hydroxylation is 2. The summed E-state index contributed by atoms with van der Waals surface area (Å²) in [5, 5.41) is 8.06. The van der Waals surface area contributed by atoms with Gasteiger partial charge in [0.05, 0.1) is 23.2 Å². The lowest BCUT2D eigenvalue weighted by Gasteiger charge is -2.15. The van der Waals surface area contributed by atoms with Gasteiger partial charge in [-0.25, -0.2) is 13.1 Å². The van der Waals surface area contributed by atoms with E-state index >= 15 is 0 Å². The van der Waals surface area contributed by atoms with E-state index in [2.05, 4.69) is 10.4 Å². The van der Waals surface area contributed by atoms with Crippen molar-refractivity contribution < 1.29 is 17.9 Å². The zero-order chi connectivity index (χ0) is 22.9. The van der Waals surface area contributed by atoms with E-state index in [0.29, 0.717) is 28.7 Å². The number of amides is 1. The molecular formula is C23H24ClN3O4S. The fourth-order valence-electron chi connectivity index (χ4n) is 3.84. The first-order valence-corrected chi connectivity index (χ1v) is 12.5. The quantitative estimate of drug-likeness (QED) is 0.579. The number of nitrogens with one attached hydrogen (secondary N) is 1. The lowest BCUT2D eigenvalue weighted by molar-refractivity contribution is -0.118. The van der Waals surface area contributed by atoms with E-state index < -0.39 is 9.84 Å². The lowest BCUT2D eigenvalue weighted by atomic mass is 10.1. The molecule has 0 saturated carbocycles. The van der Waals surface area contributed by atoms with Gasteiger partial charge in [-0.1, -0.05) is 41.9 Å². The van der Waals surface area contributed by atoms with Crippen LogP contribution in [0, 0.1) is 13.8 Å². The Bertz CT molecular complexity index is 1230. The predicted octanol–water partition coefficient (Wildman–Crippen LogP) is 4.20. The number of nitrogens with zero attached hydrogens (tertiary/aromatic N) is 2. The second kappa shape index (κ2) is 8.96. The smallest absolute Gasteiger partial charge is 0.263 e. The van der Waals surface area contributed by atoms with Gasteiger partial charge in [0.1, 0.15) is 11.6 Å². The Kier molecular flexibility index (Phi) is 6.26. The summed E-state index contributed by atoms with van der Waals surface area (Å²) in [4.78, 5) is 12.7. The summed E-state index contributed by atoms with van der Waals surface area (Å²) in [5.41, 5.74) is 3.33. The van der Waals surface area contributed by atoms with E-state index in [9.17, 15) is 13.2 Å². The van der Waals surface area contributed by atoms with Gasteiger partial charge in [-0.2, -0.15) is 5.10 Å². The van der Waals surface area contributed by atoms with E-state index in [1.54, 1.807) is 22.9 Å². The van der Waals surface area contributed by atoms with Gasteiger partial charge in [0.25, 0.3) is 5.91 Å². The highest BCUT2D eigenvalue weighted by molar-refractivity contribution is 7.91. The molecule has 7 nitrogen and oxygen atoms in total. The molecule has 0 unspecified atom stereocenters. The Balaban J connectivity index is 1.57. The first-order chi connectivity index (χ1) is 15.2. The number of sulfone groups is 1. The SMILES string of the molecule is Cc1cccc(C)c1OCC(=O)Nc1cc(-c2ccc(Cl)cc2)nn1[C@@H]1CCS(=O)(=O)C1. The third-order valence-corrected chi connectivity index (χ3v) is 7.46. The molecule has 0 radical (unpaired) electrons. The molecule has 1 aromatic heterocycles. The average molecular weight is 474 g/mol. The summed E-state index contributed by atoms with van der Waals surface area (Å²) in [6.45, 7) is 3.68. The first-order valence-electron chi connectivity index (χ1n) is 10.3. The van der Waals surface area contributed by atoms with Crippen LogP contribution in [0.4, 0.5) is 5.82 Å². The zero-order valence-electron chi connectivity index (χ0n) is 17.8. The molecule has 0 spiro atoms. The van der Waals surface area contributed by atoms with Gasteiger partial charge < -0.3 is 10.1 Å².